The molecule has 0 radical (unpaired) electrons. The summed E-state index contributed by atoms with van der Waals surface area (Å²) in [6.07, 6.45) is 1.20. The van der Waals surface area contributed by atoms with Crippen LogP contribution in [0.3, 0.4) is 0 Å². The number of likely N-dealkylation sites (tertiary alicyclic amines) is 1. The molecule has 0 bridgehead atoms. The third-order valence-corrected chi connectivity index (χ3v) is 4.65. The van der Waals surface area contributed by atoms with Crippen LogP contribution in [0.2, 0.25) is 0 Å². The predicted octanol–water partition coefficient (Wildman–Crippen LogP) is 3.56. The second-order valence-electron chi connectivity index (χ2n) is 6.39. The van der Waals surface area contributed by atoms with Gasteiger partial charge in [0.25, 0.3) is 5.92 Å². The van der Waals surface area contributed by atoms with Crippen molar-refractivity contribution in [3.8, 4) is 0 Å². The van der Waals surface area contributed by atoms with Crippen molar-refractivity contribution in [2.75, 3.05) is 13.1 Å². The first kappa shape index (κ1) is 16.8. The molecule has 24 heavy (non-hydrogen) atoms. The molecule has 2 heterocycles. The number of halogens is 2. The van der Waals surface area contributed by atoms with E-state index in [1.54, 1.807) is 6.20 Å². The van der Waals surface area contributed by atoms with Crippen molar-refractivity contribution >= 4 is 16.7 Å². The number of carboxylic acid groups (broad SMARTS) is 1. The maximum atomic E-state index is 14.1. The molecule has 1 aromatic heterocycles. The Morgan fingerprint density at radius 2 is 2.04 bits per heavy atom. The van der Waals surface area contributed by atoms with Gasteiger partial charge in [-0.1, -0.05) is 24.3 Å². The average Bonchev–Trinajstić information content (AvgIpc) is 2.67. The molecule has 0 saturated carbocycles. The first-order valence-corrected chi connectivity index (χ1v) is 8.10. The van der Waals surface area contributed by atoms with E-state index in [0.717, 1.165) is 16.5 Å². The van der Waals surface area contributed by atoms with Crippen LogP contribution in [-0.2, 0) is 11.3 Å². The molecule has 4 nitrogen and oxygen atoms in total. The van der Waals surface area contributed by atoms with Gasteiger partial charge in [-0.2, -0.15) is 0 Å². The van der Waals surface area contributed by atoms with Crippen molar-refractivity contribution in [3.63, 3.8) is 0 Å². The topological polar surface area (TPSA) is 53.4 Å². The lowest BCUT2D eigenvalue weighted by atomic mass is 9.93. The van der Waals surface area contributed by atoms with Crippen molar-refractivity contribution in [1.29, 1.82) is 0 Å². The highest BCUT2D eigenvalue weighted by atomic mass is 19.3. The maximum absolute atomic E-state index is 14.1. The molecular weight excluding hydrogens is 314 g/mol. The number of hydrogen-bond donors (Lipinski definition) is 1. The quantitative estimate of drug-likeness (QED) is 0.929. The normalized spacial score (nSPS) is 21.5. The van der Waals surface area contributed by atoms with Crippen molar-refractivity contribution < 1.29 is 18.7 Å². The molecular formula is C18H20F2N2O2. The predicted molar refractivity (Wildman–Crippen MR) is 86.9 cm³/mol. The van der Waals surface area contributed by atoms with E-state index in [2.05, 4.69) is 4.98 Å². The van der Waals surface area contributed by atoms with Crippen molar-refractivity contribution in [2.24, 2.45) is 5.92 Å². The minimum absolute atomic E-state index is 0.187. The van der Waals surface area contributed by atoms with Crippen molar-refractivity contribution in [1.82, 2.24) is 9.88 Å². The first-order valence-electron chi connectivity index (χ1n) is 8.10. The number of nitrogens with zero attached hydrogens (tertiary/aromatic N) is 2. The van der Waals surface area contributed by atoms with Crippen LogP contribution >= 0.6 is 0 Å². The zero-order chi connectivity index (χ0) is 17.2. The van der Waals surface area contributed by atoms with Gasteiger partial charge in [0.2, 0.25) is 0 Å². The van der Waals surface area contributed by atoms with Gasteiger partial charge in [0.15, 0.2) is 0 Å². The van der Waals surface area contributed by atoms with Gasteiger partial charge in [0.1, 0.15) is 0 Å². The Bertz CT molecular complexity index is 736. The number of aromatic nitrogens is 1. The molecule has 1 saturated heterocycles. The molecule has 1 N–H and O–H groups in total. The number of alkyl halides is 2. The molecule has 1 fully saturated rings. The van der Waals surface area contributed by atoms with Gasteiger partial charge in [-0.25, -0.2) is 8.78 Å². The Hall–Kier alpha value is -2.08. The van der Waals surface area contributed by atoms with Gasteiger partial charge in [-0.05, 0) is 24.4 Å². The van der Waals surface area contributed by atoms with Crippen LogP contribution in [0, 0.1) is 5.92 Å². The van der Waals surface area contributed by atoms with Gasteiger partial charge in [0.05, 0.1) is 12.1 Å². The summed E-state index contributed by atoms with van der Waals surface area (Å²) in [6.45, 7) is 1.21. The maximum Gasteiger partial charge on any atom is 0.303 e. The van der Waals surface area contributed by atoms with Crippen LogP contribution in [0.25, 0.3) is 10.8 Å². The van der Waals surface area contributed by atoms with Crippen LogP contribution in [0.15, 0.2) is 36.5 Å². The summed E-state index contributed by atoms with van der Waals surface area (Å²) in [4.78, 5) is 17.2. The summed E-state index contributed by atoms with van der Waals surface area (Å²) in [6, 6.07) is 9.86. The highest BCUT2D eigenvalue weighted by Gasteiger charge is 2.42. The van der Waals surface area contributed by atoms with Crippen molar-refractivity contribution in [3.05, 3.63) is 42.2 Å². The second-order valence-corrected chi connectivity index (χ2v) is 6.39. The minimum Gasteiger partial charge on any atom is -0.481 e. The molecule has 3 rings (SSSR count). The van der Waals surface area contributed by atoms with E-state index in [1.807, 2.05) is 35.2 Å². The van der Waals surface area contributed by atoms with Gasteiger partial charge >= 0.3 is 5.97 Å². The monoisotopic (exact) mass is 334 g/mol. The second kappa shape index (κ2) is 6.81. The zero-order valence-electron chi connectivity index (χ0n) is 13.3. The fourth-order valence-electron chi connectivity index (χ4n) is 3.24. The fourth-order valence-corrected chi connectivity index (χ4v) is 3.24. The first-order chi connectivity index (χ1) is 11.4. The Morgan fingerprint density at radius 3 is 2.79 bits per heavy atom. The summed E-state index contributed by atoms with van der Waals surface area (Å²) in [5.41, 5.74) is 0.841. The van der Waals surface area contributed by atoms with E-state index in [0.29, 0.717) is 13.1 Å². The molecule has 1 aliphatic heterocycles. The minimum atomic E-state index is -2.93. The molecule has 128 valence electrons. The van der Waals surface area contributed by atoms with E-state index < -0.39 is 24.2 Å². The third-order valence-electron chi connectivity index (χ3n) is 4.65. The van der Waals surface area contributed by atoms with Gasteiger partial charge in [-0.15, -0.1) is 0 Å². The van der Waals surface area contributed by atoms with E-state index in [4.69, 9.17) is 5.11 Å². The zero-order valence-corrected chi connectivity index (χ0v) is 13.3. The third kappa shape index (κ3) is 3.87. The number of benzene rings is 1. The number of hydrogen-bond acceptors (Lipinski definition) is 3. The highest BCUT2D eigenvalue weighted by molar-refractivity contribution is 5.81. The Labute approximate surface area is 139 Å². The van der Waals surface area contributed by atoms with Crippen LogP contribution in [0.1, 0.15) is 25.0 Å². The number of carboxylic acids is 1. The lowest BCUT2D eigenvalue weighted by Crippen LogP contribution is -2.30. The molecule has 1 atom stereocenters. The largest absolute Gasteiger partial charge is 0.481 e. The Kier molecular flexibility index (Phi) is 4.76. The smallest absolute Gasteiger partial charge is 0.303 e. The lowest BCUT2D eigenvalue weighted by Gasteiger charge is -2.22. The molecule has 6 heteroatoms. The summed E-state index contributed by atoms with van der Waals surface area (Å²) in [5.74, 6) is -5.18. The summed E-state index contributed by atoms with van der Waals surface area (Å²) in [7, 11) is 0. The van der Waals surface area contributed by atoms with E-state index in [-0.39, 0.29) is 19.4 Å². The van der Waals surface area contributed by atoms with E-state index in [1.165, 1.54) is 0 Å². The molecule has 1 aromatic carbocycles. The number of carbonyl (C=O) groups is 1. The van der Waals surface area contributed by atoms with Gasteiger partial charge in [-0.3, -0.25) is 14.7 Å². The Morgan fingerprint density at radius 1 is 1.29 bits per heavy atom. The number of rotatable bonds is 4. The standard InChI is InChI=1S/C18H20F2N2O2/c19-18(20)6-8-22(7-5-15(18)10-17(23)24)12-16-9-13-3-1-2-4-14(13)11-21-16/h1-4,9,11,15H,5-8,10,12H2,(H,23,24). The molecule has 1 unspecified atom stereocenters. The van der Waals surface area contributed by atoms with Crippen LogP contribution < -0.4 is 0 Å². The Balaban J connectivity index is 1.70. The lowest BCUT2D eigenvalue weighted by molar-refractivity contribution is -0.143. The van der Waals surface area contributed by atoms with Crippen LogP contribution in [0.4, 0.5) is 8.78 Å². The summed E-state index contributed by atoms with van der Waals surface area (Å²) < 4.78 is 28.2. The number of fused-ring (bicyclic) bond motifs is 1. The molecule has 2 aromatic rings. The molecule has 1 aliphatic rings. The number of pyridine rings is 1. The summed E-state index contributed by atoms with van der Waals surface area (Å²) in [5, 5.41) is 11.0. The highest BCUT2D eigenvalue weighted by Crippen LogP contribution is 2.36. The van der Waals surface area contributed by atoms with Gasteiger partial charge < -0.3 is 5.11 Å². The number of aliphatic carboxylic acids is 1. The van der Waals surface area contributed by atoms with E-state index >= 15 is 0 Å². The van der Waals surface area contributed by atoms with Crippen molar-refractivity contribution in [2.45, 2.75) is 31.7 Å². The van der Waals surface area contributed by atoms with E-state index in [9.17, 15) is 13.6 Å². The SMILES string of the molecule is O=C(O)CC1CCN(Cc2cc3ccccc3cn2)CCC1(F)F. The molecule has 0 spiro atoms. The van der Waals surface area contributed by atoms with Crippen LogP contribution in [0.5, 0.6) is 0 Å². The average molecular weight is 334 g/mol. The van der Waals surface area contributed by atoms with Crippen LogP contribution in [-0.4, -0.2) is 40.0 Å². The fraction of sp³-hybridized carbons (Fsp3) is 0.444. The van der Waals surface area contributed by atoms with Gasteiger partial charge in [0, 0.05) is 37.0 Å². The summed E-state index contributed by atoms with van der Waals surface area (Å²) >= 11 is 0. The molecule has 0 aliphatic carbocycles. The molecule has 0 amide bonds.